The lowest BCUT2D eigenvalue weighted by molar-refractivity contribution is -0.140. The second-order valence-corrected chi connectivity index (χ2v) is 7.06. The summed E-state index contributed by atoms with van der Waals surface area (Å²) in [6.45, 7) is 0.316. The maximum atomic E-state index is 12.3. The highest BCUT2D eigenvalue weighted by Gasteiger charge is 2.46. The second-order valence-electron chi connectivity index (χ2n) is 6.15. The van der Waals surface area contributed by atoms with Gasteiger partial charge in [-0.3, -0.25) is 19.3 Å². The first-order valence-corrected chi connectivity index (χ1v) is 8.91. The molecule has 0 bridgehead atoms. The monoisotopic (exact) mass is 390 g/mol. The number of amides is 3. The zero-order valence-corrected chi connectivity index (χ0v) is 14.8. The van der Waals surface area contributed by atoms with Gasteiger partial charge in [-0.05, 0) is 37.5 Å². The number of likely N-dealkylation sites (tertiary alicyclic amines) is 1. The van der Waals surface area contributed by atoms with Crippen molar-refractivity contribution in [2.75, 3.05) is 11.9 Å². The van der Waals surface area contributed by atoms with Gasteiger partial charge < -0.3 is 5.32 Å². The van der Waals surface area contributed by atoms with E-state index in [9.17, 15) is 14.4 Å². The summed E-state index contributed by atoms with van der Waals surface area (Å²) in [7, 11) is 0. The summed E-state index contributed by atoms with van der Waals surface area (Å²) in [5, 5.41) is 2.81. The highest BCUT2D eigenvalue weighted by atomic mass is 79.9. The van der Waals surface area contributed by atoms with Gasteiger partial charge in [-0.2, -0.15) is 0 Å². The molecular formula is C18H19BrN2O3. The van der Waals surface area contributed by atoms with Gasteiger partial charge in [0, 0.05) is 23.1 Å². The lowest BCUT2D eigenvalue weighted by atomic mass is 9.85. The second kappa shape index (κ2) is 7.30. The minimum Gasteiger partial charge on any atom is -0.326 e. The normalized spacial score (nSPS) is 22.6. The Bertz CT molecular complexity index is 675. The first-order chi connectivity index (χ1) is 11.6. The maximum Gasteiger partial charge on any atom is 0.233 e. The van der Waals surface area contributed by atoms with Crippen LogP contribution < -0.4 is 5.32 Å². The van der Waals surface area contributed by atoms with Crippen molar-refractivity contribution in [1.29, 1.82) is 0 Å². The molecule has 0 radical (unpaired) electrons. The largest absolute Gasteiger partial charge is 0.326 e. The molecule has 2 aliphatic rings. The van der Waals surface area contributed by atoms with E-state index < -0.39 is 0 Å². The summed E-state index contributed by atoms with van der Waals surface area (Å²) >= 11 is 3.35. The Hall–Kier alpha value is -1.95. The molecule has 1 aromatic rings. The Morgan fingerprint density at radius 2 is 1.83 bits per heavy atom. The molecule has 3 rings (SSSR count). The highest BCUT2D eigenvalue weighted by Crippen LogP contribution is 2.35. The minimum atomic E-state index is -0.196. The van der Waals surface area contributed by atoms with Crippen molar-refractivity contribution in [2.45, 2.75) is 25.7 Å². The molecular weight excluding hydrogens is 372 g/mol. The van der Waals surface area contributed by atoms with E-state index in [4.69, 9.17) is 0 Å². The lowest BCUT2D eigenvalue weighted by Crippen LogP contribution is -2.32. The molecule has 1 N–H and O–H groups in total. The van der Waals surface area contributed by atoms with Crippen molar-refractivity contribution in [2.24, 2.45) is 11.8 Å². The molecule has 0 saturated carbocycles. The summed E-state index contributed by atoms with van der Waals surface area (Å²) in [4.78, 5) is 38.0. The topological polar surface area (TPSA) is 66.5 Å². The Labute approximate surface area is 149 Å². The number of anilines is 1. The number of halogens is 1. The number of nitrogens with zero attached hydrogens (tertiary/aromatic N) is 1. The Morgan fingerprint density at radius 3 is 2.46 bits per heavy atom. The summed E-state index contributed by atoms with van der Waals surface area (Å²) in [5.74, 6) is -0.675. The van der Waals surface area contributed by atoms with E-state index in [1.165, 1.54) is 4.90 Å². The van der Waals surface area contributed by atoms with E-state index in [-0.39, 0.29) is 36.0 Å². The maximum absolute atomic E-state index is 12.3. The molecule has 24 heavy (non-hydrogen) atoms. The SMILES string of the molecule is O=C(CCCN1C(=O)[C@@H]2CC=CC[C@H]2C1=O)Nc1cccc(Br)c1. The van der Waals surface area contributed by atoms with Crippen LogP contribution in [0.1, 0.15) is 25.7 Å². The fourth-order valence-electron chi connectivity index (χ4n) is 3.28. The first kappa shape index (κ1) is 16.9. The third-order valence-electron chi connectivity index (χ3n) is 4.49. The molecule has 0 unspecified atom stereocenters. The molecule has 2 atom stereocenters. The summed E-state index contributed by atoms with van der Waals surface area (Å²) in [6.07, 6.45) is 5.99. The van der Waals surface area contributed by atoms with E-state index >= 15 is 0 Å². The Kier molecular flexibility index (Phi) is 5.14. The van der Waals surface area contributed by atoms with E-state index in [1.54, 1.807) is 0 Å². The molecule has 1 aliphatic carbocycles. The van der Waals surface area contributed by atoms with Crippen LogP contribution in [0.25, 0.3) is 0 Å². The van der Waals surface area contributed by atoms with Crippen molar-refractivity contribution in [1.82, 2.24) is 4.90 Å². The fourth-order valence-corrected chi connectivity index (χ4v) is 3.68. The Morgan fingerprint density at radius 1 is 1.17 bits per heavy atom. The molecule has 1 heterocycles. The number of hydrogen-bond donors (Lipinski definition) is 1. The van der Waals surface area contributed by atoms with E-state index in [2.05, 4.69) is 21.2 Å². The third-order valence-corrected chi connectivity index (χ3v) is 4.99. The number of rotatable bonds is 5. The summed E-state index contributed by atoms with van der Waals surface area (Å²) in [5.41, 5.74) is 0.722. The van der Waals surface area contributed by atoms with Crippen molar-refractivity contribution in [3.05, 3.63) is 40.9 Å². The third kappa shape index (κ3) is 3.59. The van der Waals surface area contributed by atoms with E-state index in [1.807, 2.05) is 36.4 Å². The van der Waals surface area contributed by atoms with Gasteiger partial charge in [0.25, 0.3) is 0 Å². The van der Waals surface area contributed by atoms with Gasteiger partial charge in [0.15, 0.2) is 0 Å². The lowest BCUT2D eigenvalue weighted by Gasteiger charge is -2.14. The summed E-state index contributed by atoms with van der Waals surface area (Å²) < 4.78 is 0.893. The summed E-state index contributed by atoms with van der Waals surface area (Å²) in [6, 6.07) is 7.36. The van der Waals surface area contributed by atoms with Gasteiger partial charge in [0.1, 0.15) is 0 Å². The molecule has 1 fully saturated rings. The standard InChI is InChI=1S/C18H19BrN2O3/c19-12-5-3-6-13(11-12)20-16(22)9-4-10-21-17(23)14-7-1-2-8-15(14)18(21)24/h1-3,5-6,11,14-15H,4,7-10H2,(H,20,22)/t14-,15-/m1/s1. The zero-order chi connectivity index (χ0) is 17.1. The molecule has 1 saturated heterocycles. The molecule has 1 aromatic carbocycles. The molecule has 0 spiro atoms. The van der Waals surface area contributed by atoms with Crippen molar-refractivity contribution in [3.63, 3.8) is 0 Å². The van der Waals surface area contributed by atoms with Crippen molar-refractivity contribution < 1.29 is 14.4 Å². The van der Waals surface area contributed by atoms with Gasteiger partial charge >= 0.3 is 0 Å². The number of fused-ring (bicyclic) bond motifs is 1. The number of imide groups is 1. The number of carbonyl (C=O) groups is 3. The fraction of sp³-hybridized carbons (Fsp3) is 0.389. The zero-order valence-electron chi connectivity index (χ0n) is 13.2. The van der Waals surface area contributed by atoms with Crippen LogP contribution >= 0.6 is 15.9 Å². The number of nitrogens with one attached hydrogen (secondary N) is 1. The molecule has 1 aliphatic heterocycles. The van der Waals surface area contributed by atoms with Crippen LogP contribution in [-0.2, 0) is 14.4 Å². The average molecular weight is 391 g/mol. The minimum absolute atomic E-state index is 0.0817. The smallest absolute Gasteiger partial charge is 0.233 e. The number of benzene rings is 1. The number of allylic oxidation sites excluding steroid dienone is 2. The highest BCUT2D eigenvalue weighted by molar-refractivity contribution is 9.10. The van der Waals surface area contributed by atoms with E-state index in [0.29, 0.717) is 25.8 Å². The quantitative estimate of drug-likeness (QED) is 0.620. The van der Waals surface area contributed by atoms with E-state index in [0.717, 1.165) is 10.2 Å². The molecule has 0 aromatic heterocycles. The molecule has 6 heteroatoms. The van der Waals surface area contributed by atoms with Crippen LogP contribution in [0.5, 0.6) is 0 Å². The van der Waals surface area contributed by atoms with Crippen LogP contribution in [0.4, 0.5) is 5.69 Å². The van der Waals surface area contributed by atoms with Gasteiger partial charge in [0.2, 0.25) is 17.7 Å². The molecule has 126 valence electrons. The first-order valence-electron chi connectivity index (χ1n) is 8.12. The average Bonchev–Trinajstić information content (AvgIpc) is 2.80. The number of carbonyl (C=O) groups excluding carboxylic acids is 3. The van der Waals surface area contributed by atoms with Crippen LogP contribution in [0.3, 0.4) is 0 Å². The van der Waals surface area contributed by atoms with Gasteiger partial charge in [-0.25, -0.2) is 0 Å². The van der Waals surface area contributed by atoms with Crippen LogP contribution in [0.2, 0.25) is 0 Å². The van der Waals surface area contributed by atoms with Crippen LogP contribution in [-0.4, -0.2) is 29.2 Å². The molecule has 5 nitrogen and oxygen atoms in total. The predicted molar refractivity (Wildman–Crippen MR) is 94.1 cm³/mol. The van der Waals surface area contributed by atoms with Gasteiger partial charge in [-0.15, -0.1) is 0 Å². The van der Waals surface area contributed by atoms with Gasteiger partial charge in [0.05, 0.1) is 11.8 Å². The van der Waals surface area contributed by atoms with Crippen molar-refractivity contribution in [3.8, 4) is 0 Å². The predicted octanol–water partition coefficient (Wildman–Crippen LogP) is 3.12. The van der Waals surface area contributed by atoms with Crippen LogP contribution in [0.15, 0.2) is 40.9 Å². The molecule has 3 amide bonds. The van der Waals surface area contributed by atoms with Crippen molar-refractivity contribution >= 4 is 39.3 Å². The van der Waals surface area contributed by atoms with Crippen LogP contribution in [0, 0.1) is 11.8 Å². The Balaban J connectivity index is 1.49. The number of hydrogen-bond acceptors (Lipinski definition) is 3. The van der Waals surface area contributed by atoms with Gasteiger partial charge in [-0.1, -0.05) is 34.1 Å².